The van der Waals surface area contributed by atoms with Gasteiger partial charge in [0.05, 0.1) is 26.9 Å². The number of benzene rings is 3. The zero-order valence-electron chi connectivity index (χ0n) is 18.6. The van der Waals surface area contributed by atoms with Crippen LogP contribution in [-0.4, -0.2) is 33.1 Å². The molecular weight excluding hydrogens is 424 g/mol. The molecule has 0 saturated heterocycles. The lowest BCUT2D eigenvalue weighted by molar-refractivity contribution is 0.0731. The van der Waals surface area contributed by atoms with Gasteiger partial charge >= 0.3 is 5.97 Å². The van der Waals surface area contributed by atoms with Crippen LogP contribution in [0.2, 0.25) is 0 Å². The predicted octanol–water partition coefficient (Wildman–Crippen LogP) is 4.86. The summed E-state index contributed by atoms with van der Waals surface area (Å²) < 4.78 is 27.2. The molecule has 33 heavy (non-hydrogen) atoms. The van der Waals surface area contributed by atoms with Crippen LogP contribution in [0.4, 0.5) is 0 Å². The number of hydrogen-bond acceptors (Lipinski definition) is 7. The number of aryl methyl sites for hydroxylation is 1. The molecule has 1 aliphatic rings. The van der Waals surface area contributed by atoms with E-state index in [1.165, 1.54) is 13.2 Å². The molecule has 4 rings (SSSR count). The summed E-state index contributed by atoms with van der Waals surface area (Å²) in [6.45, 7) is 1.76. The molecule has 168 valence electrons. The average Bonchev–Trinajstić information content (AvgIpc) is 3.13. The lowest BCUT2D eigenvalue weighted by Crippen LogP contribution is -2.10. The Balaban J connectivity index is 1.61. The molecule has 0 N–H and O–H groups in total. The van der Waals surface area contributed by atoms with E-state index in [1.807, 2.05) is 0 Å². The average molecular weight is 446 g/mol. The zero-order valence-corrected chi connectivity index (χ0v) is 18.6. The number of allylic oxidation sites excluding steroid dienone is 1. The Morgan fingerprint density at radius 1 is 0.879 bits per heavy atom. The number of carbonyl (C=O) groups excluding carboxylic acids is 2. The van der Waals surface area contributed by atoms with Crippen molar-refractivity contribution in [2.75, 3.05) is 21.3 Å². The molecule has 0 spiro atoms. The third-order valence-electron chi connectivity index (χ3n) is 5.19. The molecule has 0 aromatic heterocycles. The Hall–Kier alpha value is -4.26. The third-order valence-corrected chi connectivity index (χ3v) is 5.19. The number of rotatable bonds is 6. The molecule has 0 fully saturated rings. The topological polar surface area (TPSA) is 80.3 Å². The molecule has 0 bridgehead atoms. The zero-order chi connectivity index (χ0) is 23.5. The predicted molar refractivity (Wildman–Crippen MR) is 122 cm³/mol. The van der Waals surface area contributed by atoms with E-state index in [2.05, 4.69) is 0 Å². The Morgan fingerprint density at radius 2 is 1.61 bits per heavy atom. The van der Waals surface area contributed by atoms with Gasteiger partial charge in [-0.05, 0) is 54.5 Å². The molecule has 3 aromatic rings. The van der Waals surface area contributed by atoms with E-state index in [4.69, 9.17) is 23.7 Å². The van der Waals surface area contributed by atoms with Crippen molar-refractivity contribution in [2.45, 2.75) is 6.92 Å². The van der Waals surface area contributed by atoms with Gasteiger partial charge in [0.25, 0.3) is 0 Å². The largest absolute Gasteiger partial charge is 0.496 e. The number of esters is 1. The number of fused-ring (bicyclic) bond motifs is 1. The second kappa shape index (κ2) is 9.08. The van der Waals surface area contributed by atoms with Crippen LogP contribution < -0.4 is 23.7 Å². The Labute approximate surface area is 191 Å². The molecule has 0 radical (unpaired) electrons. The number of carbonyl (C=O) groups is 2. The number of para-hydroxylation sites is 1. The van der Waals surface area contributed by atoms with Gasteiger partial charge in [-0.3, -0.25) is 4.79 Å². The summed E-state index contributed by atoms with van der Waals surface area (Å²) in [5, 5.41) is 0. The first-order chi connectivity index (χ1) is 15.9. The molecule has 0 aliphatic carbocycles. The highest BCUT2D eigenvalue weighted by atomic mass is 16.5. The van der Waals surface area contributed by atoms with Gasteiger partial charge in [0.15, 0.2) is 17.3 Å². The van der Waals surface area contributed by atoms with Gasteiger partial charge in [-0.15, -0.1) is 0 Å². The second-order valence-electron chi connectivity index (χ2n) is 7.26. The van der Waals surface area contributed by atoms with Crippen LogP contribution in [0.1, 0.15) is 31.8 Å². The fourth-order valence-corrected chi connectivity index (χ4v) is 3.61. The summed E-state index contributed by atoms with van der Waals surface area (Å²) >= 11 is 0. The Kier molecular flexibility index (Phi) is 6.04. The molecule has 0 unspecified atom stereocenters. The van der Waals surface area contributed by atoms with E-state index in [-0.39, 0.29) is 17.3 Å². The summed E-state index contributed by atoms with van der Waals surface area (Å²) in [4.78, 5) is 25.6. The highest BCUT2D eigenvalue weighted by molar-refractivity contribution is 6.15. The number of methoxy groups -OCH3 is 3. The van der Waals surface area contributed by atoms with Gasteiger partial charge in [-0.1, -0.05) is 18.2 Å². The van der Waals surface area contributed by atoms with E-state index in [0.29, 0.717) is 45.3 Å². The Morgan fingerprint density at radius 3 is 2.33 bits per heavy atom. The number of ketones is 1. The minimum Gasteiger partial charge on any atom is -0.496 e. The molecule has 0 saturated carbocycles. The van der Waals surface area contributed by atoms with Crippen molar-refractivity contribution >= 4 is 17.8 Å². The lowest BCUT2D eigenvalue weighted by Gasteiger charge is -2.10. The van der Waals surface area contributed by atoms with E-state index in [0.717, 1.165) is 0 Å². The normalized spacial score (nSPS) is 13.3. The number of Topliss-reactive ketones (excluding diaryl/α,β-unsaturated/α-hetero) is 1. The lowest BCUT2D eigenvalue weighted by atomic mass is 10.0. The second-order valence-corrected chi connectivity index (χ2v) is 7.26. The van der Waals surface area contributed by atoms with Gasteiger partial charge in [0, 0.05) is 6.07 Å². The van der Waals surface area contributed by atoms with Gasteiger partial charge < -0.3 is 23.7 Å². The first-order valence-electron chi connectivity index (χ1n) is 10.1. The van der Waals surface area contributed by atoms with Crippen LogP contribution >= 0.6 is 0 Å². The smallest absolute Gasteiger partial charge is 0.347 e. The molecule has 3 aromatic carbocycles. The van der Waals surface area contributed by atoms with Crippen LogP contribution in [0.3, 0.4) is 0 Å². The van der Waals surface area contributed by atoms with Crippen LogP contribution in [0.25, 0.3) is 6.08 Å². The van der Waals surface area contributed by atoms with Gasteiger partial charge in [-0.25, -0.2) is 4.79 Å². The fourth-order valence-electron chi connectivity index (χ4n) is 3.61. The van der Waals surface area contributed by atoms with Gasteiger partial charge in [0.2, 0.25) is 5.78 Å². The Bertz CT molecular complexity index is 1270. The molecule has 0 amide bonds. The summed E-state index contributed by atoms with van der Waals surface area (Å²) in [5.74, 6) is 1.46. The number of hydrogen-bond donors (Lipinski definition) is 0. The number of ether oxygens (including phenoxy) is 5. The molecule has 1 aliphatic heterocycles. The third kappa shape index (κ3) is 4.25. The molecular formula is C26H22O7. The van der Waals surface area contributed by atoms with E-state index < -0.39 is 5.97 Å². The first-order valence-corrected chi connectivity index (χ1v) is 10.1. The van der Waals surface area contributed by atoms with Crippen LogP contribution in [0.5, 0.6) is 28.7 Å². The standard InChI is InChI=1S/C26H22O7/c1-15-11-17(32-26(28)18-7-5-6-8-19(18)29-2)14-22-24(15)25(27)23(33-22)13-16-9-10-20(30-3)21(12-16)31-4/h5-14H,1-4H3/b23-13-. The highest BCUT2D eigenvalue weighted by Crippen LogP contribution is 2.38. The maximum absolute atomic E-state index is 13.0. The monoisotopic (exact) mass is 446 g/mol. The SMILES string of the molecule is COc1ccc(/C=C2\Oc3cc(OC(=O)c4ccccc4OC)cc(C)c3C2=O)cc1OC. The van der Waals surface area contributed by atoms with Gasteiger partial charge in [-0.2, -0.15) is 0 Å². The molecule has 1 heterocycles. The van der Waals surface area contributed by atoms with Crippen LogP contribution in [-0.2, 0) is 0 Å². The van der Waals surface area contributed by atoms with Crippen molar-refractivity contribution in [1.82, 2.24) is 0 Å². The van der Waals surface area contributed by atoms with Gasteiger partial charge in [0.1, 0.15) is 22.8 Å². The molecule has 7 nitrogen and oxygen atoms in total. The fraction of sp³-hybridized carbons (Fsp3) is 0.154. The summed E-state index contributed by atoms with van der Waals surface area (Å²) in [6.07, 6.45) is 1.63. The van der Waals surface area contributed by atoms with E-state index >= 15 is 0 Å². The van der Waals surface area contributed by atoms with Crippen molar-refractivity contribution in [1.29, 1.82) is 0 Å². The van der Waals surface area contributed by atoms with E-state index in [9.17, 15) is 9.59 Å². The molecule has 7 heteroatoms. The van der Waals surface area contributed by atoms with Crippen molar-refractivity contribution in [3.05, 3.63) is 82.6 Å². The first kappa shape index (κ1) is 22.0. The quantitative estimate of drug-likeness (QED) is 0.304. The maximum Gasteiger partial charge on any atom is 0.347 e. The highest BCUT2D eigenvalue weighted by Gasteiger charge is 2.30. The molecule has 0 atom stereocenters. The van der Waals surface area contributed by atoms with E-state index in [1.54, 1.807) is 75.8 Å². The van der Waals surface area contributed by atoms with Crippen molar-refractivity contribution in [3.8, 4) is 28.7 Å². The van der Waals surface area contributed by atoms with Crippen molar-refractivity contribution < 1.29 is 33.3 Å². The van der Waals surface area contributed by atoms with Crippen molar-refractivity contribution in [3.63, 3.8) is 0 Å². The van der Waals surface area contributed by atoms with Crippen LogP contribution in [0, 0.1) is 6.92 Å². The maximum atomic E-state index is 13.0. The van der Waals surface area contributed by atoms with Crippen molar-refractivity contribution in [2.24, 2.45) is 0 Å². The summed E-state index contributed by atoms with van der Waals surface area (Å²) in [6, 6.07) is 15.2. The van der Waals surface area contributed by atoms with Crippen LogP contribution in [0.15, 0.2) is 60.4 Å². The minimum absolute atomic E-state index is 0.161. The summed E-state index contributed by atoms with van der Waals surface area (Å²) in [5.41, 5.74) is 2.07. The summed E-state index contributed by atoms with van der Waals surface area (Å²) in [7, 11) is 4.58. The minimum atomic E-state index is -0.572.